The Morgan fingerprint density at radius 1 is 1.07 bits per heavy atom. The number of ether oxygens (including phenoxy) is 2. The SMILES string of the molecule is Cc1cc(Nc2cc(N(C(=O)OC(C)(C)C)C(=O)OC(C)(C)C)ncn2)c(=O)n2c1C(=O)NC21CCN(CC#N)CC1. The molecule has 224 valence electrons. The van der Waals surface area contributed by atoms with Crippen molar-refractivity contribution in [2.24, 2.45) is 0 Å². The molecule has 4 rings (SSSR count). The maximum Gasteiger partial charge on any atom is 0.425 e. The van der Waals surface area contributed by atoms with Gasteiger partial charge in [0.15, 0.2) is 5.82 Å². The summed E-state index contributed by atoms with van der Waals surface area (Å²) in [5.74, 6) is -0.351. The van der Waals surface area contributed by atoms with Crippen molar-refractivity contribution in [3.05, 3.63) is 40.1 Å². The average Bonchev–Trinajstić information content (AvgIpc) is 3.14. The number of nitrogens with one attached hydrogen (secondary N) is 2. The molecule has 0 saturated carbocycles. The fraction of sp³-hybridized carbons (Fsp3) is 0.536. The molecule has 0 aromatic carbocycles. The van der Waals surface area contributed by atoms with Gasteiger partial charge in [-0.3, -0.25) is 19.1 Å². The first-order valence-corrected chi connectivity index (χ1v) is 13.6. The summed E-state index contributed by atoms with van der Waals surface area (Å²) in [5, 5.41) is 15.0. The van der Waals surface area contributed by atoms with Gasteiger partial charge in [0.1, 0.15) is 40.4 Å². The molecule has 42 heavy (non-hydrogen) atoms. The van der Waals surface area contributed by atoms with Gasteiger partial charge in [0.25, 0.3) is 11.5 Å². The molecule has 0 aliphatic carbocycles. The normalized spacial score (nSPS) is 16.3. The summed E-state index contributed by atoms with van der Waals surface area (Å²) < 4.78 is 12.3. The number of nitrogens with zero attached hydrogens (tertiary/aromatic N) is 6. The first-order chi connectivity index (χ1) is 19.5. The first kappa shape index (κ1) is 30.4. The number of piperidine rings is 1. The predicted molar refractivity (Wildman–Crippen MR) is 152 cm³/mol. The summed E-state index contributed by atoms with van der Waals surface area (Å²) in [6.45, 7) is 13.0. The minimum Gasteiger partial charge on any atom is -0.443 e. The lowest BCUT2D eigenvalue weighted by molar-refractivity contribution is 0.0428. The predicted octanol–water partition coefficient (Wildman–Crippen LogP) is 3.38. The number of hydrogen-bond donors (Lipinski definition) is 2. The zero-order valence-corrected chi connectivity index (χ0v) is 24.9. The van der Waals surface area contributed by atoms with Crippen molar-refractivity contribution >= 4 is 35.4 Å². The van der Waals surface area contributed by atoms with Gasteiger partial charge in [-0.2, -0.15) is 10.2 Å². The van der Waals surface area contributed by atoms with Crippen LogP contribution >= 0.6 is 0 Å². The third-order valence-electron chi connectivity index (χ3n) is 6.65. The molecule has 0 unspecified atom stereocenters. The second-order valence-corrected chi connectivity index (χ2v) is 12.3. The summed E-state index contributed by atoms with van der Waals surface area (Å²) in [7, 11) is 0. The molecule has 2 aliphatic rings. The molecular formula is C28H36N8O6. The molecule has 0 radical (unpaired) electrons. The van der Waals surface area contributed by atoms with Crippen molar-refractivity contribution in [3.63, 3.8) is 0 Å². The van der Waals surface area contributed by atoms with Crippen molar-refractivity contribution in [2.75, 3.05) is 29.9 Å². The van der Waals surface area contributed by atoms with Crippen LogP contribution in [-0.2, 0) is 15.1 Å². The fourth-order valence-corrected chi connectivity index (χ4v) is 4.93. The Bertz CT molecular complexity index is 1480. The number of fused-ring (bicyclic) bond motifs is 2. The number of amides is 3. The Morgan fingerprint density at radius 2 is 1.67 bits per heavy atom. The van der Waals surface area contributed by atoms with Crippen LogP contribution in [0.2, 0.25) is 0 Å². The standard InChI is InChI=1S/C28H36N8O6/c1-17-14-18(23(38)36-21(17)22(37)33-28(36)8-11-34(12-9-28)13-10-29)32-19-15-20(31-16-30-19)35(24(39)41-26(2,3)4)25(40)42-27(5,6)7/h14-16H,8-9,11-13H2,1-7H3,(H,33,37)(H,30,31,32). The van der Waals surface area contributed by atoms with Crippen LogP contribution in [0.5, 0.6) is 0 Å². The number of nitriles is 1. The van der Waals surface area contributed by atoms with E-state index in [1.54, 1.807) is 54.5 Å². The van der Waals surface area contributed by atoms with Crippen LogP contribution in [0, 0.1) is 18.3 Å². The van der Waals surface area contributed by atoms with Crippen LogP contribution in [0.4, 0.5) is 26.9 Å². The number of imide groups is 1. The van der Waals surface area contributed by atoms with Crippen LogP contribution in [0.1, 0.15) is 70.4 Å². The summed E-state index contributed by atoms with van der Waals surface area (Å²) in [6.07, 6.45) is 0.0473. The monoisotopic (exact) mass is 580 g/mol. The Morgan fingerprint density at radius 3 is 2.21 bits per heavy atom. The molecule has 1 saturated heterocycles. The highest BCUT2D eigenvalue weighted by Crippen LogP contribution is 2.34. The Labute approximate surface area is 243 Å². The van der Waals surface area contributed by atoms with Gasteiger partial charge in [0.05, 0.1) is 12.6 Å². The first-order valence-electron chi connectivity index (χ1n) is 13.6. The van der Waals surface area contributed by atoms with Gasteiger partial charge in [-0.05, 0) is 60.1 Å². The van der Waals surface area contributed by atoms with E-state index >= 15 is 0 Å². The maximum absolute atomic E-state index is 13.8. The van der Waals surface area contributed by atoms with Gasteiger partial charge in [-0.25, -0.2) is 19.6 Å². The minimum absolute atomic E-state index is 0.115. The molecule has 2 aromatic rings. The van der Waals surface area contributed by atoms with Gasteiger partial charge >= 0.3 is 12.2 Å². The maximum atomic E-state index is 13.8. The van der Waals surface area contributed by atoms with E-state index in [4.69, 9.17) is 14.7 Å². The van der Waals surface area contributed by atoms with Gasteiger partial charge in [0, 0.05) is 32.0 Å². The number of carbonyl (C=O) groups excluding carboxylic acids is 3. The third kappa shape index (κ3) is 6.36. The summed E-state index contributed by atoms with van der Waals surface area (Å²) >= 11 is 0. The van der Waals surface area contributed by atoms with Crippen LogP contribution in [0.25, 0.3) is 0 Å². The number of rotatable bonds is 4. The Hall–Kier alpha value is -4.51. The van der Waals surface area contributed by atoms with Gasteiger partial charge < -0.3 is 20.1 Å². The second-order valence-electron chi connectivity index (χ2n) is 12.3. The van der Waals surface area contributed by atoms with Crippen molar-refractivity contribution in [2.45, 2.75) is 78.2 Å². The summed E-state index contributed by atoms with van der Waals surface area (Å²) in [6, 6.07) is 5.01. The number of aryl methyl sites for hydroxylation is 1. The quantitative estimate of drug-likeness (QED) is 0.508. The van der Waals surface area contributed by atoms with Gasteiger partial charge in [-0.15, -0.1) is 0 Å². The molecule has 14 heteroatoms. The smallest absolute Gasteiger partial charge is 0.425 e. The van der Waals surface area contributed by atoms with E-state index in [0.717, 1.165) is 6.33 Å². The number of carbonyl (C=O) groups is 3. The highest BCUT2D eigenvalue weighted by molar-refractivity contribution is 6.09. The molecule has 0 atom stereocenters. The van der Waals surface area contributed by atoms with E-state index in [1.165, 1.54) is 10.6 Å². The zero-order chi connectivity index (χ0) is 31.0. The highest BCUT2D eigenvalue weighted by atomic mass is 16.6. The van der Waals surface area contributed by atoms with Crippen molar-refractivity contribution < 1.29 is 23.9 Å². The lowest BCUT2D eigenvalue weighted by atomic mass is 9.96. The van der Waals surface area contributed by atoms with E-state index in [9.17, 15) is 19.2 Å². The highest BCUT2D eigenvalue weighted by Gasteiger charge is 2.46. The molecule has 14 nitrogen and oxygen atoms in total. The van der Waals surface area contributed by atoms with Crippen LogP contribution < -0.4 is 21.1 Å². The van der Waals surface area contributed by atoms with Crippen LogP contribution in [-0.4, -0.2) is 68.4 Å². The molecule has 2 N–H and O–H groups in total. The molecular weight excluding hydrogens is 544 g/mol. The van der Waals surface area contributed by atoms with Crippen LogP contribution in [0.3, 0.4) is 0 Å². The van der Waals surface area contributed by atoms with Crippen molar-refractivity contribution in [1.82, 2.24) is 24.8 Å². The molecule has 1 fully saturated rings. The molecule has 3 amide bonds. The largest absolute Gasteiger partial charge is 0.443 e. The summed E-state index contributed by atoms with van der Waals surface area (Å²) in [5.41, 5.74) is -2.19. The van der Waals surface area contributed by atoms with E-state index in [1.807, 2.05) is 4.90 Å². The lowest BCUT2D eigenvalue weighted by Crippen LogP contribution is -2.54. The average molecular weight is 581 g/mol. The van der Waals surface area contributed by atoms with E-state index < -0.39 is 34.6 Å². The third-order valence-corrected chi connectivity index (χ3v) is 6.65. The lowest BCUT2D eigenvalue weighted by Gasteiger charge is -2.39. The minimum atomic E-state index is -0.996. The number of aromatic nitrogens is 3. The Kier molecular flexibility index (Phi) is 8.01. The van der Waals surface area contributed by atoms with E-state index in [0.29, 0.717) is 36.4 Å². The Balaban J connectivity index is 1.70. The number of hydrogen-bond acceptors (Lipinski definition) is 11. The second kappa shape index (κ2) is 11.1. The number of likely N-dealkylation sites (tertiary alicyclic amines) is 1. The van der Waals surface area contributed by atoms with E-state index in [-0.39, 0.29) is 35.5 Å². The summed E-state index contributed by atoms with van der Waals surface area (Å²) in [4.78, 5) is 63.8. The van der Waals surface area contributed by atoms with Crippen molar-refractivity contribution in [1.29, 1.82) is 5.26 Å². The van der Waals surface area contributed by atoms with Gasteiger partial charge in [0.2, 0.25) is 0 Å². The fourth-order valence-electron chi connectivity index (χ4n) is 4.93. The topological polar surface area (TPSA) is 172 Å². The van der Waals surface area contributed by atoms with Gasteiger partial charge in [-0.1, -0.05) is 0 Å². The number of pyridine rings is 1. The zero-order valence-electron chi connectivity index (χ0n) is 24.9. The molecule has 1 spiro atoms. The molecule has 2 aromatic heterocycles. The molecule has 2 aliphatic heterocycles. The van der Waals surface area contributed by atoms with Crippen molar-refractivity contribution in [3.8, 4) is 6.07 Å². The van der Waals surface area contributed by atoms with Crippen LogP contribution in [0.15, 0.2) is 23.3 Å². The number of anilines is 3. The van der Waals surface area contributed by atoms with E-state index in [2.05, 4.69) is 26.7 Å². The molecule has 4 heterocycles. The molecule has 0 bridgehead atoms.